The maximum Gasteiger partial charge on any atom is 0.318 e. The van der Waals surface area contributed by atoms with E-state index in [0.29, 0.717) is 48.2 Å². The van der Waals surface area contributed by atoms with Crippen molar-refractivity contribution in [3.8, 4) is 18.1 Å². The van der Waals surface area contributed by atoms with E-state index < -0.39 is 17.5 Å². The molecule has 0 radical (unpaired) electrons. The number of aromatic amines is 1. The largest absolute Gasteiger partial charge is 0.507 e. The molecule has 4 amide bonds. The molecule has 9 rings (SSSR count). The fourth-order valence-electron chi connectivity index (χ4n) is 12.6. The number of phenols is 1. The van der Waals surface area contributed by atoms with E-state index in [1.165, 1.54) is 24.1 Å². The topological polar surface area (TPSA) is 180 Å². The van der Waals surface area contributed by atoms with E-state index in [1.807, 2.05) is 75.1 Å². The first-order valence-corrected chi connectivity index (χ1v) is 25.2. The Kier molecular flexibility index (Phi) is 13.4. The van der Waals surface area contributed by atoms with Gasteiger partial charge in [0.1, 0.15) is 23.7 Å². The highest BCUT2D eigenvalue weighted by atomic mass is 16.3. The second-order valence-electron chi connectivity index (χ2n) is 22.0. The molecule has 1 spiro atoms. The van der Waals surface area contributed by atoms with E-state index >= 15 is 0 Å². The van der Waals surface area contributed by atoms with Gasteiger partial charge in [0.15, 0.2) is 0 Å². The predicted octanol–water partition coefficient (Wildman–Crippen LogP) is 6.05. The van der Waals surface area contributed by atoms with Gasteiger partial charge in [0.05, 0.1) is 6.04 Å². The smallest absolute Gasteiger partial charge is 0.318 e. The molecule has 1 aliphatic carbocycles. The number of phenolic OH excluding ortho intramolecular Hbond substituents is 1. The Bertz CT molecular complexity index is 2400. The number of H-pyrrole nitrogens is 1. The molecule has 364 valence electrons. The highest BCUT2D eigenvalue weighted by molar-refractivity contribution is 5.93. The fourth-order valence-corrected chi connectivity index (χ4v) is 12.6. The van der Waals surface area contributed by atoms with Crippen LogP contribution in [-0.4, -0.2) is 135 Å². The van der Waals surface area contributed by atoms with Gasteiger partial charge in [0, 0.05) is 90.3 Å². The molecule has 3 aromatic rings. The number of hydrogen-bond donors (Lipinski definition) is 6. The van der Waals surface area contributed by atoms with Gasteiger partial charge in [-0.05, 0) is 138 Å². The monoisotopic (exact) mass is 927 g/mol. The Balaban J connectivity index is 0.711. The number of hydrogen-bond acceptors (Lipinski definition) is 9. The van der Waals surface area contributed by atoms with Gasteiger partial charge in [0.25, 0.3) is 0 Å². The zero-order valence-electron chi connectivity index (χ0n) is 40.9. The Labute approximate surface area is 403 Å². The van der Waals surface area contributed by atoms with E-state index in [-0.39, 0.29) is 41.1 Å². The van der Waals surface area contributed by atoms with Crippen LogP contribution in [0.3, 0.4) is 0 Å². The van der Waals surface area contributed by atoms with Crippen molar-refractivity contribution in [1.82, 2.24) is 40.1 Å². The van der Waals surface area contributed by atoms with Gasteiger partial charge < -0.3 is 51.8 Å². The molecule has 14 heteroatoms. The predicted molar refractivity (Wildman–Crippen MR) is 268 cm³/mol. The number of terminal acetylenes is 1. The number of urea groups is 1. The first-order valence-electron chi connectivity index (χ1n) is 25.2. The summed E-state index contributed by atoms with van der Waals surface area (Å²) in [6.45, 7) is 17.6. The first kappa shape index (κ1) is 47.6. The van der Waals surface area contributed by atoms with Gasteiger partial charge >= 0.3 is 6.03 Å². The normalized spacial score (nSPS) is 24.1. The van der Waals surface area contributed by atoms with Crippen molar-refractivity contribution in [3.05, 3.63) is 82.0 Å². The molecule has 4 atom stereocenters. The van der Waals surface area contributed by atoms with Gasteiger partial charge in [-0.15, -0.1) is 6.42 Å². The summed E-state index contributed by atoms with van der Waals surface area (Å²) in [7, 11) is 0. The maximum atomic E-state index is 14.2. The summed E-state index contributed by atoms with van der Waals surface area (Å²) < 4.78 is 0. The number of aromatic hydroxyl groups is 1. The summed E-state index contributed by atoms with van der Waals surface area (Å²) in [4.78, 5) is 56.7. The Morgan fingerprint density at radius 2 is 1.54 bits per heavy atom. The van der Waals surface area contributed by atoms with Crippen molar-refractivity contribution < 1.29 is 19.5 Å². The average molecular weight is 927 g/mol. The van der Waals surface area contributed by atoms with Crippen molar-refractivity contribution in [1.29, 1.82) is 0 Å². The molecule has 8 N–H and O–H groups in total. The average Bonchev–Trinajstić information content (AvgIpc) is 3.92. The lowest BCUT2D eigenvalue weighted by Gasteiger charge is -2.61. The van der Waals surface area contributed by atoms with Gasteiger partial charge in [0.2, 0.25) is 11.8 Å². The van der Waals surface area contributed by atoms with Gasteiger partial charge in [-0.2, -0.15) is 0 Å². The number of aromatic nitrogens is 1. The molecule has 6 aliphatic rings. The third-order valence-corrected chi connectivity index (χ3v) is 16.6. The minimum absolute atomic E-state index is 0.160. The minimum atomic E-state index is -0.755. The van der Waals surface area contributed by atoms with Crippen LogP contribution >= 0.6 is 0 Å². The van der Waals surface area contributed by atoms with Gasteiger partial charge in [-0.1, -0.05) is 51.0 Å². The van der Waals surface area contributed by atoms with Gasteiger partial charge in [-0.25, -0.2) is 4.79 Å². The number of carbonyl (C=O) groups excluding carboxylic acids is 3. The zero-order valence-corrected chi connectivity index (χ0v) is 40.9. The lowest BCUT2D eigenvalue weighted by Crippen LogP contribution is -2.70. The molecule has 4 saturated heterocycles. The summed E-state index contributed by atoms with van der Waals surface area (Å²) in [5, 5.41) is 16.7. The molecule has 1 aromatic heterocycles. The summed E-state index contributed by atoms with van der Waals surface area (Å²) in [5.41, 5.74) is 18.9. The number of nitrogens with one attached hydrogen (secondary N) is 3. The summed E-state index contributed by atoms with van der Waals surface area (Å²) in [6.07, 6.45) is 16.6. The van der Waals surface area contributed by atoms with Crippen LogP contribution in [0.4, 0.5) is 10.6 Å². The lowest BCUT2D eigenvalue weighted by molar-refractivity contribution is -0.142. The number of fused-ring (bicyclic) bond motifs is 1. The summed E-state index contributed by atoms with van der Waals surface area (Å²) >= 11 is 0. The molecular formula is C54H74N10O4. The molecule has 1 saturated carbocycles. The molecular weight excluding hydrogens is 853 g/mol. The number of rotatable bonds is 10. The summed E-state index contributed by atoms with van der Waals surface area (Å²) in [6, 6.07) is 14.9. The quantitative estimate of drug-likeness (QED) is 0.132. The molecule has 68 heavy (non-hydrogen) atoms. The third-order valence-electron chi connectivity index (χ3n) is 16.6. The van der Waals surface area contributed by atoms with E-state index in [1.54, 1.807) is 17.0 Å². The second kappa shape index (κ2) is 19.1. The standard InChI is InChI=1S/C54H74N10O4/c1-7-36-14-16-37(17-15-36)34(2)57-50(66)45-12-10-23-64(45)51(67)48(53(4,5)6)59-52(68)62-32-54(33-62)30-40(31-54)61-24-18-38(19-25-61)60-26-20-39(21-27-60)63-28-22-44-47(35(63)3)42(49(56)58-44)29-43(55)41-11-8-9-13-46(41)65/h1,8-9,11,13-17,29,34-35,38-40,45,48,58,65H,10,12,18-28,30-33,55-56H2,2-6H3,(H,57,66)(H,59,68)/b43-29-. The molecule has 5 aliphatic heterocycles. The van der Waals surface area contributed by atoms with Crippen LogP contribution in [0.15, 0.2) is 48.5 Å². The minimum Gasteiger partial charge on any atom is -0.507 e. The Morgan fingerprint density at radius 1 is 0.897 bits per heavy atom. The number of nitrogen functional groups attached to an aromatic ring is 1. The van der Waals surface area contributed by atoms with E-state index in [0.717, 1.165) is 101 Å². The highest BCUT2D eigenvalue weighted by Crippen LogP contribution is 2.51. The van der Waals surface area contributed by atoms with Crippen LogP contribution in [-0.2, 0) is 16.0 Å². The second-order valence-corrected chi connectivity index (χ2v) is 22.0. The molecule has 5 fully saturated rings. The molecule has 6 heterocycles. The number of amides is 4. The van der Waals surface area contributed by atoms with Crippen LogP contribution in [0.1, 0.15) is 132 Å². The van der Waals surface area contributed by atoms with Crippen LogP contribution in [0.2, 0.25) is 0 Å². The van der Waals surface area contributed by atoms with Crippen LogP contribution < -0.4 is 22.1 Å². The van der Waals surface area contributed by atoms with Gasteiger partial charge in [-0.3, -0.25) is 14.5 Å². The van der Waals surface area contributed by atoms with Crippen molar-refractivity contribution in [2.24, 2.45) is 16.6 Å². The van der Waals surface area contributed by atoms with Crippen molar-refractivity contribution in [3.63, 3.8) is 0 Å². The molecule has 0 bridgehead atoms. The number of benzene rings is 2. The van der Waals surface area contributed by atoms with E-state index in [4.69, 9.17) is 17.9 Å². The first-order chi connectivity index (χ1) is 32.5. The van der Waals surface area contributed by atoms with Crippen molar-refractivity contribution in [2.75, 3.05) is 58.1 Å². The fraction of sp³-hybridized carbons (Fsp3) is 0.574. The lowest BCUT2D eigenvalue weighted by atomic mass is 9.60. The van der Waals surface area contributed by atoms with Crippen LogP contribution in [0, 0.1) is 23.2 Å². The SMILES string of the molecule is C#Cc1ccc(C(C)NC(=O)C2CCCN2C(=O)C(NC(=O)N2CC3(CC(N4CCC(N5CCC(N6CCc7[nH]c(N)c(/C=C(\N)c8ccccc8O)c7C6C)CC5)CC4)C3)C2)C(C)(C)C)cc1. The van der Waals surface area contributed by atoms with E-state index in [9.17, 15) is 19.5 Å². The number of nitrogens with two attached hydrogens (primary N) is 2. The zero-order chi connectivity index (χ0) is 48.1. The summed E-state index contributed by atoms with van der Waals surface area (Å²) in [5.74, 6) is 3.03. The maximum absolute atomic E-state index is 14.2. The van der Waals surface area contributed by atoms with Crippen molar-refractivity contribution in [2.45, 2.75) is 135 Å². The van der Waals surface area contributed by atoms with Crippen LogP contribution in [0.25, 0.3) is 11.8 Å². The number of nitrogens with zero attached hydrogens (tertiary/aromatic N) is 5. The van der Waals surface area contributed by atoms with Crippen LogP contribution in [0.5, 0.6) is 5.75 Å². The number of anilines is 1. The van der Waals surface area contributed by atoms with Crippen molar-refractivity contribution >= 4 is 35.4 Å². The number of piperidine rings is 2. The molecule has 14 nitrogen and oxygen atoms in total. The molecule has 4 unspecified atom stereocenters. The number of para-hydroxylation sites is 1. The number of carbonyl (C=O) groups is 3. The Morgan fingerprint density at radius 3 is 2.19 bits per heavy atom. The number of likely N-dealkylation sites (tertiary alicyclic amines) is 4. The molecule has 2 aromatic carbocycles. The third kappa shape index (κ3) is 9.46. The Hall–Kier alpha value is -5.49. The highest BCUT2D eigenvalue weighted by Gasteiger charge is 2.56. The van der Waals surface area contributed by atoms with E-state index in [2.05, 4.69) is 43.2 Å².